The van der Waals surface area contributed by atoms with Gasteiger partial charge in [-0.2, -0.15) is 0 Å². The van der Waals surface area contributed by atoms with Crippen LogP contribution in [0, 0.1) is 0 Å². The molecule has 0 radical (unpaired) electrons. The van der Waals surface area contributed by atoms with E-state index in [1.54, 1.807) is 13.8 Å². The van der Waals surface area contributed by atoms with Gasteiger partial charge in [-0.25, -0.2) is 4.79 Å². The van der Waals surface area contributed by atoms with Gasteiger partial charge in [0.15, 0.2) is 11.0 Å². The molecule has 0 spiro atoms. The first-order valence-electron chi connectivity index (χ1n) is 11.1. The molecule has 8 nitrogen and oxygen atoms in total. The Labute approximate surface area is 198 Å². The topological polar surface area (TPSA) is 92.2 Å². The lowest BCUT2D eigenvalue weighted by atomic mass is 10.1. The second-order valence-corrected chi connectivity index (χ2v) is 8.61. The summed E-state index contributed by atoms with van der Waals surface area (Å²) in [5.74, 6) is 0.296. The molecule has 3 aromatic rings. The van der Waals surface area contributed by atoms with Gasteiger partial charge in [-0.15, -0.1) is 10.2 Å². The van der Waals surface area contributed by atoms with Gasteiger partial charge in [0.1, 0.15) is 0 Å². The molecule has 0 unspecified atom stereocenters. The molecule has 9 heteroatoms. The Morgan fingerprint density at radius 1 is 1.00 bits per heavy atom. The number of urea groups is 1. The van der Waals surface area contributed by atoms with Crippen LogP contribution in [0.1, 0.15) is 27.7 Å². The van der Waals surface area contributed by atoms with E-state index in [1.807, 2.05) is 47.0 Å². The summed E-state index contributed by atoms with van der Waals surface area (Å²) in [6.45, 7) is 10.1. The number of thioether (sulfide) groups is 1. The average Bonchev–Trinajstić information content (AvgIpc) is 3.24. The summed E-state index contributed by atoms with van der Waals surface area (Å²) >= 11 is 1.25. The Bertz CT molecular complexity index is 1060. The molecular formula is C24H30N6O2S. The molecule has 0 aliphatic rings. The normalized spacial score (nSPS) is 11.6. The largest absolute Gasteiger partial charge is 0.372 e. The van der Waals surface area contributed by atoms with E-state index in [4.69, 9.17) is 0 Å². The Morgan fingerprint density at radius 3 is 2.27 bits per heavy atom. The van der Waals surface area contributed by atoms with E-state index in [0.717, 1.165) is 30.0 Å². The number of nitrogens with zero attached hydrogens (tertiary/aromatic N) is 4. The zero-order valence-corrected chi connectivity index (χ0v) is 20.2. The molecule has 1 atom stereocenters. The molecule has 2 aromatic carbocycles. The molecule has 1 aromatic heterocycles. The smallest absolute Gasteiger partial charge is 0.321 e. The molecule has 2 N–H and O–H groups in total. The highest BCUT2D eigenvalue weighted by molar-refractivity contribution is 8.00. The number of carbonyl (C=O) groups is 2. The number of amides is 3. The quantitative estimate of drug-likeness (QED) is 0.461. The summed E-state index contributed by atoms with van der Waals surface area (Å²) in [5, 5.41) is 13.8. The molecule has 0 saturated carbocycles. The zero-order valence-electron chi connectivity index (χ0n) is 19.4. The molecule has 174 valence electrons. The maximum Gasteiger partial charge on any atom is 0.321 e. The fourth-order valence-electron chi connectivity index (χ4n) is 3.38. The summed E-state index contributed by atoms with van der Waals surface area (Å²) in [6.07, 6.45) is 0. The van der Waals surface area contributed by atoms with Crippen molar-refractivity contribution in [3.63, 3.8) is 0 Å². The van der Waals surface area contributed by atoms with Crippen LogP contribution in [0.25, 0.3) is 17.1 Å². The monoisotopic (exact) mass is 466 g/mol. The van der Waals surface area contributed by atoms with Gasteiger partial charge in [-0.3, -0.25) is 14.7 Å². The number of benzene rings is 2. The number of anilines is 1. The van der Waals surface area contributed by atoms with Crippen molar-refractivity contribution in [2.75, 3.05) is 24.5 Å². The third-order valence-corrected chi connectivity index (χ3v) is 6.17. The van der Waals surface area contributed by atoms with Crippen LogP contribution in [-0.4, -0.2) is 51.6 Å². The van der Waals surface area contributed by atoms with Crippen LogP contribution < -0.4 is 15.5 Å². The maximum atomic E-state index is 12.5. The fourth-order valence-corrected chi connectivity index (χ4v) is 4.25. The SMILES string of the molecule is CCNC(=O)NC(=O)[C@H](C)Sc1nnc(-c2ccc(N(CC)CC)cc2)n1-c1ccccc1. The molecular weight excluding hydrogens is 436 g/mol. The summed E-state index contributed by atoms with van der Waals surface area (Å²) in [6, 6.07) is 17.5. The van der Waals surface area contributed by atoms with E-state index < -0.39 is 17.2 Å². The molecule has 33 heavy (non-hydrogen) atoms. The number of imide groups is 1. The van der Waals surface area contributed by atoms with Crippen molar-refractivity contribution in [3.05, 3.63) is 54.6 Å². The first kappa shape index (κ1) is 24.3. The lowest BCUT2D eigenvalue weighted by Crippen LogP contribution is -2.42. The highest BCUT2D eigenvalue weighted by Crippen LogP contribution is 2.31. The van der Waals surface area contributed by atoms with Crippen molar-refractivity contribution < 1.29 is 9.59 Å². The van der Waals surface area contributed by atoms with E-state index in [-0.39, 0.29) is 0 Å². The maximum absolute atomic E-state index is 12.5. The number of nitrogens with one attached hydrogen (secondary N) is 2. The van der Waals surface area contributed by atoms with E-state index >= 15 is 0 Å². The van der Waals surface area contributed by atoms with Crippen molar-refractivity contribution in [1.29, 1.82) is 0 Å². The van der Waals surface area contributed by atoms with Gasteiger partial charge in [-0.1, -0.05) is 30.0 Å². The molecule has 1 heterocycles. The van der Waals surface area contributed by atoms with E-state index in [0.29, 0.717) is 17.5 Å². The molecule has 0 bridgehead atoms. The van der Waals surface area contributed by atoms with Gasteiger partial charge >= 0.3 is 6.03 Å². The van der Waals surface area contributed by atoms with Crippen LogP contribution in [0.4, 0.5) is 10.5 Å². The molecule has 3 amide bonds. The van der Waals surface area contributed by atoms with E-state index in [2.05, 4.69) is 51.7 Å². The lowest BCUT2D eigenvalue weighted by Gasteiger charge is -2.21. The number of aromatic nitrogens is 3. The second-order valence-electron chi connectivity index (χ2n) is 7.31. The predicted molar refractivity (Wildman–Crippen MR) is 133 cm³/mol. The van der Waals surface area contributed by atoms with Gasteiger partial charge in [-0.05, 0) is 64.1 Å². The Morgan fingerprint density at radius 2 is 1.67 bits per heavy atom. The van der Waals surface area contributed by atoms with Crippen molar-refractivity contribution in [2.24, 2.45) is 0 Å². The van der Waals surface area contributed by atoms with Crippen molar-refractivity contribution >= 4 is 29.4 Å². The van der Waals surface area contributed by atoms with Gasteiger partial charge in [0.25, 0.3) is 0 Å². The summed E-state index contributed by atoms with van der Waals surface area (Å²) in [5.41, 5.74) is 2.97. The third-order valence-electron chi connectivity index (χ3n) is 5.13. The van der Waals surface area contributed by atoms with Gasteiger partial charge in [0.2, 0.25) is 5.91 Å². The summed E-state index contributed by atoms with van der Waals surface area (Å²) in [4.78, 5) is 26.5. The Hall–Kier alpha value is -3.33. The van der Waals surface area contributed by atoms with E-state index in [9.17, 15) is 9.59 Å². The lowest BCUT2D eigenvalue weighted by molar-refractivity contribution is -0.119. The zero-order chi connectivity index (χ0) is 23.8. The molecule has 3 rings (SSSR count). The third kappa shape index (κ3) is 5.92. The first-order chi connectivity index (χ1) is 16.0. The number of rotatable bonds is 9. The molecule has 0 saturated heterocycles. The number of carbonyl (C=O) groups excluding carboxylic acids is 2. The van der Waals surface area contributed by atoms with Gasteiger partial charge in [0.05, 0.1) is 5.25 Å². The number of hydrogen-bond acceptors (Lipinski definition) is 6. The van der Waals surface area contributed by atoms with Crippen LogP contribution in [0.15, 0.2) is 59.8 Å². The number of hydrogen-bond donors (Lipinski definition) is 2. The average molecular weight is 467 g/mol. The van der Waals surface area contributed by atoms with E-state index in [1.165, 1.54) is 11.8 Å². The Balaban J connectivity index is 1.92. The Kier molecular flexibility index (Phi) is 8.48. The minimum Gasteiger partial charge on any atom is -0.372 e. The summed E-state index contributed by atoms with van der Waals surface area (Å²) in [7, 11) is 0. The predicted octanol–water partition coefficient (Wildman–Crippen LogP) is 4.11. The van der Waals surface area contributed by atoms with Crippen LogP contribution >= 0.6 is 11.8 Å². The van der Waals surface area contributed by atoms with Crippen molar-refractivity contribution in [3.8, 4) is 17.1 Å². The highest BCUT2D eigenvalue weighted by atomic mass is 32.2. The molecule has 0 fully saturated rings. The fraction of sp³-hybridized carbons (Fsp3) is 0.333. The first-order valence-corrected chi connectivity index (χ1v) is 12.0. The number of para-hydroxylation sites is 1. The van der Waals surface area contributed by atoms with Gasteiger partial charge < -0.3 is 10.2 Å². The van der Waals surface area contributed by atoms with Crippen LogP contribution in [0.5, 0.6) is 0 Å². The highest BCUT2D eigenvalue weighted by Gasteiger charge is 2.23. The minimum atomic E-state index is -0.544. The standard InChI is InChI=1S/C24H30N6O2S/c1-5-25-23(32)26-22(31)17(4)33-24-28-27-21(30(24)20-11-9-8-10-12-20)18-13-15-19(16-14-18)29(6-2)7-3/h8-17H,5-7H2,1-4H3,(H2,25,26,31,32)/t17-/m0/s1. The van der Waals surface area contributed by atoms with Crippen LogP contribution in [0.2, 0.25) is 0 Å². The van der Waals surface area contributed by atoms with Crippen molar-refractivity contribution in [2.45, 2.75) is 38.1 Å². The van der Waals surface area contributed by atoms with Crippen LogP contribution in [-0.2, 0) is 4.79 Å². The summed E-state index contributed by atoms with van der Waals surface area (Å²) < 4.78 is 1.94. The van der Waals surface area contributed by atoms with Crippen LogP contribution in [0.3, 0.4) is 0 Å². The minimum absolute atomic E-state index is 0.390. The molecule has 0 aliphatic heterocycles. The second kappa shape index (κ2) is 11.5. The van der Waals surface area contributed by atoms with Crippen molar-refractivity contribution in [1.82, 2.24) is 25.4 Å². The molecule has 0 aliphatic carbocycles. The van der Waals surface area contributed by atoms with Gasteiger partial charge in [0, 0.05) is 36.6 Å².